The van der Waals surface area contributed by atoms with E-state index < -0.39 is 0 Å². The summed E-state index contributed by atoms with van der Waals surface area (Å²) in [6.07, 6.45) is 0. The van der Waals surface area contributed by atoms with Crippen molar-refractivity contribution in [3.8, 4) is 11.8 Å². The van der Waals surface area contributed by atoms with Crippen LogP contribution in [0.2, 0.25) is 0 Å². The maximum absolute atomic E-state index is 4.84. The van der Waals surface area contributed by atoms with Crippen molar-refractivity contribution in [3.05, 3.63) is 33.8 Å². The van der Waals surface area contributed by atoms with Gasteiger partial charge in [0.1, 0.15) is 6.61 Å². The molecule has 3 heteroatoms. The summed E-state index contributed by atoms with van der Waals surface area (Å²) in [7, 11) is 0. The first-order valence-electron chi connectivity index (χ1n) is 3.80. The molecule has 68 valence electrons. The topological polar surface area (TPSA) is 35.2 Å². The Hall–Kier alpha value is -0.820. The van der Waals surface area contributed by atoms with E-state index in [0.717, 1.165) is 15.6 Å². The fourth-order valence-electron chi connectivity index (χ4n) is 0.940. The van der Waals surface area contributed by atoms with Crippen LogP contribution in [0, 0.1) is 18.8 Å². The van der Waals surface area contributed by atoms with E-state index >= 15 is 0 Å². The lowest BCUT2D eigenvalue weighted by Gasteiger charge is -1.97. The molecule has 0 heterocycles. The zero-order chi connectivity index (χ0) is 9.68. The van der Waals surface area contributed by atoms with Gasteiger partial charge in [-0.3, -0.25) is 4.84 Å². The normalized spacial score (nSPS) is 9.15. The van der Waals surface area contributed by atoms with Gasteiger partial charge in [0.05, 0.1) is 0 Å². The Morgan fingerprint density at radius 2 is 2.31 bits per heavy atom. The summed E-state index contributed by atoms with van der Waals surface area (Å²) in [6, 6.07) is 5.94. The van der Waals surface area contributed by atoms with Crippen molar-refractivity contribution < 1.29 is 4.84 Å². The van der Waals surface area contributed by atoms with E-state index in [1.807, 2.05) is 25.1 Å². The van der Waals surface area contributed by atoms with Gasteiger partial charge in [-0.05, 0) is 30.7 Å². The highest BCUT2D eigenvalue weighted by Gasteiger charge is 1.93. The lowest BCUT2D eigenvalue weighted by molar-refractivity contribution is 0.173. The summed E-state index contributed by atoms with van der Waals surface area (Å²) in [5, 5.41) is 0. The van der Waals surface area contributed by atoms with Gasteiger partial charge in [-0.15, -0.1) is 0 Å². The van der Waals surface area contributed by atoms with Crippen LogP contribution < -0.4 is 5.90 Å². The zero-order valence-corrected chi connectivity index (χ0v) is 8.89. The van der Waals surface area contributed by atoms with E-state index in [1.165, 1.54) is 0 Å². The van der Waals surface area contributed by atoms with Crippen LogP contribution in [0.15, 0.2) is 22.7 Å². The third-order valence-corrected chi connectivity index (χ3v) is 2.06. The molecule has 0 aliphatic heterocycles. The molecule has 0 radical (unpaired) electrons. The average Bonchev–Trinajstić information content (AvgIpc) is 2.09. The molecule has 0 spiro atoms. The molecule has 0 fully saturated rings. The monoisotopic (exact) mass is 239 g/mol. The summed E-state index contributed by atoms with van der Waals surface area (Å²) >= 11 is 3.39. The van der Waals surface area contributed by atoms with Gasteiger partial charge in [0.15, 0.2) is 0 Å². The molecule has 1 aromatic carbocycles. The van der Waals surface area contributed by atoms with Crippen LogP contribution in [0.5, 0.6) is 0 Å². The molecule has 0 saturated carbocycles. The van der Waals surface area contributed by atoms with Gasteiger partial charge in [-0.1, -0.05) is 27.8 Å². The number of aryl methyl sites for hydroxylation is 1. The predicted molar refractivity (Wildman–Crippen MR) is 55.9 cm³/mol. The Morgan fingerprint density at radius 3 is 2.92 bits per heavy atom. The second kappa shape index (κ2) is 5.03. The van der Waals surface area contributed by atoms with Crippen LogP contribution in [0.4, 0.5) is 0 Å². The van der Waals surface area contributed by atoms with Crippen molar-refractivity contribution in [2.75, 3.05) is 6.61 Å². The van der Waals surface area contributed by atoms with Crippen molar-refractivity contribution in [3.63, 3.8) is 0 Å². The van der Waals surface area contributed by atoms with Crippen molar-refractivity contribution >= 4 is 15.9 Å². The van der Waals surface area contributed by atoms with Gasteiger partial charge in [0.25, 0.3) is 0 Å². The molecule has 0 atom stereocenters. The first-order chi connectivity index (χ1) is 6.24. The molecule has 0 bridgehead atoms. The molecule has 0 aromatic heterocycles. The number of rotatable bonds is 1. The van der Waals surface area contributed by atoms with Crippen molar-refractivity contribution in [2.24, 2.45) is 5.90 Å². The van der Waals surface area contributed by atoms with Gasteiger partial charge in [0.2, 0.25) is 0 Å². The van der Waals surface area contributed by atoms with Gasteiger partial charge in [-0.2, -0.15) is 0 Å². The quantitative estimate of drug-likeness (QED) is 0.601. The molecular formula is C10H10BrNO. The van der Waals surface area contributed by atoms with E-state index in [2.05, 4.69) is 32.6 Å². The first-order valence-corrected chi connectivity index (χ1v) is 4.60. The Morgan fingerprint density at radius 1 is 1.54 bits per heavy atom. The number of halogens is 1. The summed E-state index contributed by atoms with van der Waals surface area (Å²) < 4.78 is 1.06. The van der Waals surface area contributed by atoms with E-state index in [9.17, 15) is 0 Å². The fraction of sp³-hybridized carbons (Fsp3) is 0.200. The summed E-state index contributed by atoms with van der Waals surface area (Å²) in [4.78, 5) is 4.34. The molecule has 0 aliphatic rings. The van der Waals surface area contributed by atoms with Crippen LogP contribution in [0.3, 0.4) is 0 Å². The molecule has 0 aliphatic carbocycles. The van der Waals surface area contributed by atoms with E-state index in [-0.39, 0.29) is 6.61 Å². The number of hydrogen-bond donors (Lipinski definition) is 1. The molecule has 1 aromatic rings. The Kier molecular flexibility index (Phi) is 3.97. The maximum atomic E-state index is 4.84. The van der Waals surface area contributed by atoms with Crippen molar-refractivity contribution in [1.29, 1.82) is 0 Å². The van der Waals surface area contributed by atoms with E-state index in [4.69, 9.17) is 5.90 Å². The molecular weight excluding hydrogens is 230 g/mol. The zero-order valence-electron chi connectivity index (χ0n) is 7.30. The molecule has 2 N–H and O–H groups in total. The van der Waals surface area contributed by atoms with Gasteiger partial charge >= 0.3 is 0 Å². The standard InChI is InChI=1S/C10H10BrNO/c1-8-7-10(11)5-4-9(8)3-2-6-13-12/h4-5,7H,6,12H2,1H3. The third-order valence-electron chi connectivity index (χ3n) is 1.57. The molecule has 0 amide bonds. The Bertz CT molecular complexity index is 352. The average molecular weight is 240 g/mol. The van der Waals surface area contributed by atoms with Gasteiger partial charge in [0, 0.05) is 10.0 Å². The number of benzene rings is 1. The van der Waals surface area contributed by atoms with E-state index in [0.29, 0.717) is 0 Å². The highest BCUT2D eigenvalue weighted by Crippen LogP contribution is 2.14. The highest BCUT2D eigenvalue weighted by atomic mass is 79.9. The largest absolute Gasteiger partial charge is 0.292 e. The fourth-order valence-corrected chi connectivity index (χ4v) is 1.42. The minimum absolute atomic E-state index is 0.259. The Balaban J connectivity index is 2.85. The smallest absolute Gasteiger partial charge is 0.129 e. The van der Waals surface area contributed by atoms with Crippen LogP contribution in [0.25, 0.3) is 0 Å². The lowest BCUT2D eigenvalue weighted by atomic mass is 10.1. The highest BCUT2D eigenvalue weighted by molar-refractivity contribution is 9.10. The minimum atomic E-state index is 0.259. The molecule has 13 heavy (non-hydrogen) atoms. The first kappa shape index (κ1) is 10.3. The Labute approximate surface area is 86.2 Å². The summed E-state index contributed by atoms with van der Waals surface area (Å²) in [5.74, 6) is 10.6. The third kappa shape index (κ3) is 3.19. The molecule has 0 saturated heterocycles. The maximum Gasteiger partial charge on any atom is 0.129 e. The number of nitrogens with two attached hydrogens (primary N) is 1. The summed E-state index contributed by atoms with van der Waals surface area (Å²) in [6.45, 7) is 2.27. The van der Waals surface area contributed by atoms with E-state index in [1.54, 1.807) is 0 Å². The van der Waals surface area contributed by atoms with Crippen LogP contribution in [-0.2, 0) is 4.84 Å². The van der Waals surface area contributed by atoms with Crippen LogP contribution in [0.1, 0.15) is 11.1 Å². The molecule has 2 nitrogen and oxygen atoms in total. The van der Waals surface area contributed by atoms with Gasteiger partial charge < -0.3 is 0 Å². The minimum Gasteiger partial charge on any atom is -0.292 e. The van der Waals surface area contributed by atoms with Gasteiger partial charge in [-0.25, -0.2) is 5.90 Å². The molecule has 1 rings (SSSR count). The lowest BCUT2D eigenvalue weighted by Crippen LogP contribution is -1.97. The van der Waals surface area contributed by atoms with Crippen LogP contribution in [-0.4, -0.2) is 6.61 Å². The summed E-state index contributed by atoms with van der Waals surface area (Å²) in [5.41, 5.74) is 2.14. The van der Waals surface area contributed by atoms with Crippen molar-refractivity contribution in [2.45, 2.75) is 6.92 Å². The number of hydrogen-bond acceptors (Lipinski definition) is 2. The van der Waals surface area contributed by atoms with Crippen molar-refractivity contribution in [1.82, 2.24) is 0 Å². The predicted octanol–water partition coefficient (Wildman–Crippen LogP) is 2.00. The molecule has 0 unspecified atom stereocenters. The SMILES string of the molecule is Cc1cc(Br)ccc1C#CCON. The second-order valence-electron chi connectivity index (χ2n) is 2.57. The second-order valence-corrected chi connectivity index (χ2v) is 3.49. The van der Waals surface area contributed by atoms with Crippen LogP contribution >= 0.6 is 15.9 Å².